The van der Waals surface area contributed by atoms with E-state index in [1.165, 1.54) is 0 Å². The summed E-state index contributed by atoms with van der Waals surface area (Å²) in [6, 6.07) is 5.40. The fourth-order valence-electron chi connectivity index (χ4n) is 1.82. The largest absolute Gasteiger partial charge is 0.324 e. The van der Waals surface area contributed by atoms with Crippen LogP contribution < -0.4 is 11.1 Å². The summed E-state index contributed by atoms with van der Waals surface area (Å²) in [5.74, 6) is 0.307. The zero-order chi connectivity index (χ0) is 13.7. The van der Waals surface area contributed by atoms with Gasteiger partial charge >= 0.3 is 0 Å². The number of nitrogens with one attached hydrogen (secondary N) is 1. The molecule has 1 aromatic carbocycles. The highest BCUT2D eigenvalue weighted by Gasteiger charge is 2.16. The molecule has 3 nitrogen and oxygen atoms in total. The van der Waals surface area contributed by atoms with E-state index in [9.17, 15) is 4.79 Å². The smallest absolute Gasteiger partial charge is 0.241 e. The molecule has 0 radical (unpaired) electrons. The number of hydrogen-bond acceptors (Lipinski definition) is 2. The van der Waals surface area contributed by atoms with Gasteiger partial charge < -0.3 is 11.1 Å². The summed E-state index contributed by atoms with van der Waals surface area (Å²) in [5.41, 5.74) is 7.82. The van der Waals surface area contributed by atoms with Crippen molar-refractivity contribution in [2.45, 2.75) is 39.7 Å². The average molecular weight is 313 g/mol. The van der Waals surface area contributed by atoms with Crippen molar-refractivity contribution in [3.63, 3.8) is 0 Å². The van der Waals surface area contributed by atoms with Crippen molar-refractivity contribution in [2.24, 2.45) is 11.7 Å². The van der Waals surface area contributed by atoms with Crippen molar-refractivity contribution in [2.75, 3.05) is 5.32 Å². The molecule has 1 rings (SSSR count). The van der Waals surface area contributed by atoms with Gasteiger partial charge in [0.25, 0.3) is 0 Å². The molecule has 0 aromatic heterocycles. The number of halogens is 1. The third-order valence-electron chi connectivity index (χ3n) is 2.77. The Morgan fingerprint density at radius 2 is 2.11 bits per heavy atom. The molecule has 1 atom stereocenters. The van der Waals surface area contributed by atoms with Crippen LogP contribution in [-0.2, 0) is 11.2 Å². The van der Waals surface area contributed by atoms with Gasteiger partial charge in [0.15, 0.2) is 0 Å². The highest BCUT2D eigenvalue weighted by atomic mass is 79.9. The molecule has 0 spiro atoms. The highest BCUT2D eigenvalue weighted by molar-refractivity contribution is 9.10. The summed E-state index contributed by atoms with van der Waals surface area (Å²) < 4.78 is 1.02. The SMILES string of the molecule is CCc1cc(Br)ccc1NC(=O)C(N)CC(C)C. The Morgan fingerprint density at radius 3 is 2.67 bits per heavy atom. The Balaban J connectivity index is 2.75. The van der Waals surface area contributed by atoms with Gasteiger partial charge in [-0.3, -0.25) is 4.79 Å². The third kappa shape index (κ3) is 4.42. The molecule has 100 valence electrons. The molecule has 0 saturated heterocycles. The molecule has 0 heterocycles. The predicted molar refractivity (Wildman–Crippen MR) is 79.6 cm³/mol. The molecule has 0 saturated carbocycles. The predicted octanol–water partition coefficient (Wildman–Crippen LogP) is 3.32. The van der Waals surface area contributed by atoms with Gasteiger partial charge in [-0.05, 0) is 42.5 Å². The van der Waals surface area contributed by atoms with Crippen LogP contribution in [0.1, 0.15) is 32.8 Å². The first-order valence-corrected chi connectivity index (χ1v) is 7.08. The molecule has 0 bridgehead atoms. The Labute approximate surface area is 117 Å². The zero-order valence-electron chi connectivity index (χ0n) is 11.2. The summed E-state index contributed by atoms with van der Waals surface area (Å²) in [6.45, 7) is 6.18. The highest BCUT2D eigenvalue weighted by Crippen LogP contribution is 2.22. The molecule has 1 unspecified atom stereocenters. The lowest BCUT2D eigenvalue weighted by atomic mass is 10.0. The van der Waals surface area contributed by atoms with Crippen LogP contribution in [0.2, 0.25) is 0 Å². The van der Waals surface area contributed by atoms with E-state index in [0.29, 0.717) is 12.3 Å². The maximum absolute atomic E-state index is 12.0. The fourth-order valence-corrected chi connectivity index (χ4v) is 2.23. The fraction of sp³-hybridized carbons (Fsp3) is 0.500. The van der Waals surface area contributed by atoms with Crippen LogP contribution >= 0.6 is 15.9 Å². The van der Waals surface area contributed by atoms with Crippen LogP contribution in [0.3, 0.4) is 0 Å². The number of carbonyl (C=O) groups excluding carboxylic acids is 1. The van der Waals surface area contributed by atoms with E-state index in [-0.39, 0.29) is 5.91 Å². The first-order chi connectivity index (χ1) is 8.43. The van der Waals surface area contributed by atoms with Crippen molar-refractivity contribution >= 4 is 27.5 Å². The van der Waals surface area contributed by atoms with Crippen LogP contribution in [0, 0.1) is 5.92 Å². The first kappa shape index (κ1) is 15.2. The first-order valence-electron chi connectivity index (χ1n) is 6.29. The van der Waals surface area contributed by atoms with Crippen molar-refractivity contribution in [3.8, 4) is 0 Å². The zero-order valence-corrected chi connectivity index (χ0v) is 12.8. The monoisotopic (exact) mass is 312 g/mol. The minimum absolute atomic E-state index is 0.110. The molecular formula is C14H21BrN2O. The van der Waals surface area contributed by atoms with Gasteiger partial charge in [0, 0.05) is 10.2 Å². The van der Waals surface area contributed by atoms with E-state index in [1.807, 2.05) is 18.2 Å². The Bertz CT molecular complexity index is 418. The van der Waals surface area contributed by atoms with Crippen LogP contribution in [0.4, 0.5) is 5.69 Å². The lowest BCUT2D eigenvalue weighted by molar-refractivity contribution is -0.117. The molecule has 1 amide bonds. The van der Waals surface area contributed by atoms with E-state index < -0.39 is 6.04 Å². The van der Waals surface area contributed by atoms with Crippen molar-refractivity contribution in [1.82, 2.24) is 0 Å². The van der Waals surface area contributed by atoms with Gasteiger partial charge in [-0.2, -0.15) is 0 Å². The second-order valence-corrected chi connectivity index (χ2v) is 5.80. The Hall–Kier alpha value is -0.870. The van der Waals surface area contributed by atoms with Crippen molar-refractivity contribution in [3.05, 3.63) is 28.2 Å². The van der Waals surface area contributed by atoms with Crippen LogP contribution in [0.5, 0.6) is 0 Å². The number of hydrogen-bond donors (Lipinski definition) is 2. The van der Waals surface area contributed by atoms with Gasteiger partial charge in [0.2, 0.25) is 5.91 Å². The van der Waals surface area contributed by atoms with Gasteiger partial charge in [-0.15, -0.1) is 0 Å². The minimum atomic E-state index is -0.446. The topological polar surface area (TPSA) is 55.1 Å². The number of anilines is 1. The van der Waals surface area contributed by atoms with E-state index in [0.717, 1.165) is 22.1 Å². The summed E-state index contributed by atoms with van der Waals surface area (Å²) in [7, 11) is 0. The summed E-state index contributed by atoms with van der Waals surface area (Å²) >= 11 is 3.43. The summed E-state index contributed by atoms with van der Waals surface area (Å²) in [4.78, 5) is 12.0. The van der Waals surface area contributed by atoms with E-state index in [2.05, 4.69) is 42.0 Å². The van der Waals surface area contributed by atoms with Gasteiger partial charge in [0.05, 0.1) is 6.04 Å². The molecule has 0 aliphatic rings. The normalized spacial score (nSPS) is 12.6. The molecule has 0 fully saturated rings. The van der Waals surface area contributed by atoms with E-state index in [1.54, 1.807) is 0 Å². The molecule has 18 heavy (non-hydrogen) atoms. The van der Waals surface area contributed by atoms with Crippen molar-refractivity contribution in [1.29, 1.82) is 0 Å². The standard InChI is InChI=1S/C14H21BrN2O/c1-4-10-8-11(15)5-6-13(10)17-14(18)12(16)7-9(2)3/h5-6,8-9,12H,4,7,16H2,1-3H3,(H,17,18). The quantitative estimate of drug-likeness (QED) is 0.876. The lowest BCUT2D eigenvalue weighted by Gasteiger charge is -2.16. The number of amides is 1. The van der Waals surface area contributed by atoms with Crippen molar-refractivity contribution < 1.29 is 4.79 Å². The number of carbonyl (C=O) groups is 1. The minimum Gasteiger partial charge on any atom is -0.324 e. The molecule has 0 aliphatic carbocycles. The average Bonchev–Trinajstić information content (AvgIpc) is 2.30. The molecular weight excluding hydrogens is 292 g/mol. The summed E-state index contributed by atoms with van der Waals surface area (Å²) in [5, 5.41) is 2.91. The lowest BCUT2D eigenvalue weighted by Crippen LogP contribution is -2.36. The molecule has 1 aromatic rings. The maximum atomic E-state index is 12.0. The molecule has 0 aliphatic heterocycles. The number of rotatable bonds is 5. The van der Waals surface area contributed by atoms with Crippen LogP contribution in [0.15, 0.2) is 22.7 Å². The third-order valence-corrected chi connectivity index (χ3v) is 3.26. The van der Waals surface area contributed by atoms with Gasteiger partial charge in [-0.1, -0.05) is 36.7 Å². The number of aryl methyl sites for hydroxylation is 1. The van der Waals surface area contributed by atoms with Crippen LogP contribution in [0.25, 0.3) is 0 Å². The van der Waals surface area contributed by atoms with E-state index in [4.69, 9.17) is 5.73 Å². The Morgan fingerprint density at radius 1 is 1.44 bits per heavy atom. The molecule has 3 N–H and O–H groups in total. The Kier molecular flexibility index (Phi) is 5.82. The van der Waals surface area contributed by atoms with Gasteiger partial charge in [-0.25, -0.2) is 0 Å². The summed E-state index contributed by atoms with van der Waals surface area (Å²) in [6.07, 6.45) is 1.57. The second kappa shape index (κ2) is 6.90. The number of nitrogens with two attached hydrogens (primary N) is 1. The maximum Gasteiger partial charge on any atom is 0.241 e. The number of benzene rings is 1. The van der Waals surface area contributed by atoms with Gasteiger partial charge in [0.1, 0.15) is 0 Å². The van der Waals surface area contributed by atoms with E-state index >= 15 is 0 Å². The van der Waals surface area contributed by atoms with Crippen LogP contribution in [-0.4, -0.2) is 11.9 Å². The second-order valence-electron chi connectivity index (χ2n) is 4.88. The molecule has 4 heteroatoms.